The second-order valence-corrected chi connectivity index (χ2v) is 4.83. The maximum Gasteiger partial charge on any atom is 0.215 e. The zero-order chi connectivity index (χ0) is 16.2. The van der Waals surface area contributed by atoms with Crippen molar-refractivity contribution in [2.75, 3.05) is 0 Å². The van der Waals surface area contributed by atoms with Crippen LogP contribution in [-0.2, 0) is 6.42 Å². The Balaban J connectivity index is 1.83. The number of aliphatic hydroxyl groups is 1. The van der Waals surface area contributed by atoms with E-state index in [0.717, 1.165) is 6.08 Å². The standard InChI is InChI=1S/C16H12FN3O3/c17-12-3-1-2-10(5-12)4-11-7-23-8-13(11)14(21)6-15(22)16-18-9-19-20-16/h1-3,5-9,22H,4H2,(H,18,19,20). The number of carbonyl (C=O) groups excluding carboxylic acids is 1. The summed E-state index contributed by atoms with van der Waals surface area (Å²) in [5, 5.41) is 15.9. The van der Waals surface area contributed by atoms with Crippen molar-refractivity contribution in [2.24, 2.45) is 0 Å². The largest absolute Gasteiger partial charge is 0.504 e. The molecule has 0 unspecified atom stereocenters. The third-order valence-electron chi connectivity index (χ3n) is 3.20. The number of nitrogens with zero attached hydrogens (tertiary/aromatic N) is 2. The third-order valence-corrected chi connectivity index (χ3v) is 3.20. The van der Waals surface area contributed by atoms with Gasteiger partial charge < -0.3 is 9.52 Å². The monoisotopic (exact) mass is 313 g/mol. The van der Waals surface area contributed by atoms with Gasteiger partial charge in [0.2, 0.25) is 5.82 Å². The first-order chi connectivity index (χ1) is 11.1. The number of hydrogen-bond donors (Lipinski definition) is 2. The van der Waals surface area contributed by atoms with E-state index in [1.165, 1.54) is 31.0 Å². The van der Waals surface area contributed by atoms with E-state index in [1.54, 1.807) is 12.1 Å². The molecule has 0 fully saturated rings. The smallest absolute Gasteiger partial charge is 0.215 e. The van der Waals surface area contributed by atoms with Gasteiger partial charge in [-0.05, 0) is 17.7 Å². The molecule has 0 saturated carbocycles. The summed E-state index contributed by atoms with van der Waals surface area (Å²) in [7, 11) is 0. The SMILES string of the molecule is O=C(C=C(O)c1nc[nH]n1)c1cocc1Cc1cccc(F)c1. The average molecular weight is 313 g/mol. The predicted octanol–water partition coefficient (Wildman–Crippen LogP) is 2.91. The van der Waals surface area contributed by atoms with Crippen molar-refractivity contribution in [3.8, 4) is 0 Å². The van der Waals surface area contributed by atoms with Gasteiger partial charge in [0.1, 0.15) is 18.4 Å². The molecule has 3 rings (SSSR count). The maximum atomic E-state index is 13.2. The Kier molecular flexibility index (Phi) is 4.01. The molecule has 0 spiro atoms. The lowest BCUT2D eigenvalue weighted by atomic mass is 10.0. The Hall–Kier alpha value is -3.22. The highest BCUT2D eigenvalue weighted by molar-refractivity contribution is 6.08. The molecular formula is C16H12FN3O3. The molecule has 116 valence electrons. The van der Waals surface area contributed by atoms with Gasteiger partial charge >= 0.3 is 0 Å². The molecule has 0 amide bonds. The van der Waals surface area contributed by atoms with Gasteiger partial charge in [0.25, 0.3) is 0 Å². The van der Waals surface area contributed by atoms with Gasteiger partial charge in [-0.3, -0.25) is 9.89 Å². The molecule has 0 aliphatic carbocycles. The summed E-state index contributed by atoms with van der Waals surface area (Å²) in [5.74, 6) is -1.13. The van der Waals surface area contributed by atoms with Crippen LogP contribution in [0, 0.1) is 5.82 Å². The normalized spacial score (nSPS) is 11.6. The number of benzene rings is 1. The lowest BCUT2D eigenvalue weighted by molar-refractivity contribution is 0.104. The van der Waals surface area contributed by atoms with Gasteiger partial charge in [-0.25, -0.2) is 9.37 Å². The van der Waals surface area contributed by atoms with Crippen LogP contribution >= 0.6 is 0 Å². The van der Waals surface area contributed by atoms with Crippen LogP contribution in [0.2, 0.25) is 0 Å². The summed E-state index contributed by atoms with van der Waals surface area (Å²) in [5.41, 5.74) is 1.60. The quantitative estimate of drug-likeness (QED) is 0.429. The van der Waals surface area contributed by atoms with E-state index in [0.29, 0.717) is 17.5 Å². The molecule has 2 N–H and O–H groups in total. The fraction of sp³-hybridized carbons (Fsp3) is 0.0625. The summed E-state index contributed by atoms with van der Waals surface area (Å²) in [6.45, 7) is 0. The number of nitrogens with one attached hydrogen (secondary N) is 1. The zero-order valence-electron chi connectivity index (χ0n) is 11.9. The maximum absolute atomic E-state index is 13.2. The molecule has 2 aromatic heterocycles. The number of H-pyrrole nitrogens is 1. The number of aromatic amines is 1. The van der Waals surface area contributed by atoms with E-state index < -0.39 is 5.78 Å². The molecule has 3 aromatic rings. The van der Waals surface area contributed by atoms with Crippen molar-refractivity contribution in [3.05, 3.63) is 77.5 Å². The topological polar surface area (TPSA) is 92.0 Å². The minimum Gasteiger partial charge on any atom is -0.504 e. The lowest BCUT2D eigenvalue weighted by Gasteiger charge is -2.01. The van der Waals surface area contributed by atoms with E-state index in [-0.39, 0.29) is 23.0 Å². The summed E-state index contributed by atoms with van der Waals surface area (Å²) < 4.78 is 18.3. The first-order valence-corrected chi connectivity index (χ1v) is 6.74. The van der Waals surface area contributed by atoms with Crippen LogP contribution in [-0.4, -0.2) is 26.1 Å². The van der Waals surface area contributed by atoms with Crippen molar-refractivity contribution in [1.29, 1.82) is 0 Å². The summed E-state index contributed by atoms with van der Waals surface area (Å²) in [6, 6.07) is 6.09. The van der Waals surface area contributed by atoms with Crippen molar-refractivity contribution in [1.82, 2.24) is 15.2 Å². The predicted molar refractivity (Wildman–Crippen MR) is 79.2 cm³/mol. The molecular weight excluding hydrogens is 301 g/mol. The number of aliphatic hydroxyl groups excluding tert-OH is 1. The third kappa shape index (κ3) is 3.34. The number of ketones is 1. The molecule has 0 aliphatic rings. The van der Waals surface area contributed by atoms with E-state index in [2.05, 4.69) is 15.2 Å². The first-order valence-electron chi connectivity index (χ1n) is 6.74. The molecule has 0 aliphatic heterocycles. The molecule has 7 heteroatoms. The number of hydrogen-bond acceptors (Lipinski definition) is 5. The van der Waals surface area contributed by atoms with E-state index in [9.17, 15) is 14.3 Å². The number of aromatic nitrogens is 3. The summed E-state index contributed by atoms with van der Waals surface area (Å²) in [6.07, 6.45) is 5.36. The Morgan fingerprint density at radius 2 is 2.26 bits per heavy atom. The number of carbonyl (C=O) groups is 1. The Labute approximate surface area is 130 Å². The lowest BCUT2D eigenvalue weighted by Crippen LogP contribution is -2.00. The highest BCUT2D eigenvalue weighted by Gasteiger charge is 2.15. The molecule has 1 aromatic carbocycles. The van der Waals surface area contributed by atoms with Crippen molar-refractivity contribution in [2.45, 2.75) is 6.42 Å². The van der Waals surface area contributed by atoms with Crippen LogP contribution in [0.5, 0.6) is 0 Å². The molecule has 0 saturated heterocycles. The van der Waals surface area contributed by atoms with Gasteiger partial charge in [0.15, 0.2) is 11.5 Å². The van der Waals surface area contributed by atoms with Gasteiger partial charge in [0.05, 0.1) is 11.8 Å². The van der Waals surface area contributed by atoms with Crippen LogP contribution in [0.25, 0.3) is 5.76 Å². The van der Waals surface area contributed by atoms with Crippen LogP contribution in [0.3, 0.4) is 0 Å². The second kappa shape index (κ2) is 6.27. The van der Waals surface area contributed by atoms with Crippen LogP contribution in [0.4, 0.5) is 4.39 Å². The zero-order valence-corrected chi connectivity index (χ0v) is 11.9. The molecule has 0 radical (unpaired) electrons. The highest BCUT2D eigenvalue weighted by atomic mass is 19.1. The van der Waals surface area contributed by atoms with E-state index >= 15 is 0 Å². The first kappa shape index (κ1) is 14.7. The Morgan fingerprint density at radius 1 is 1.39 bits per heavy atom. The number of allylic oxidation sites excluding steroid dienone is 1. The van der Waals surface area contributed by atoms with Gasteiger partial charge in [-0.2, -0.15) is 5.10 Å². The second-order valence-electron chi connectivity index (χ2n) is 4.83. The van der Waals surface area contributed by atoms with E-state index in [4.69, 9.17) is 4.42 Å². The van der Waals surface area contributed by atoms with E-state index in [1.807, 2.05) is 0 Å². The van der Waals surface area contributed by atoms with Gasteiger partial charge in [-0.15, -0.1) is 0 Å². The number of furan rings is 1. The molecule has 2 heterocycles. The summed E-state index contributed by atoms with van der Waals surface area (Å²) in [4.78, 5) is 16.0. The fourth-order valence-electron chi connectivity index (χ4n) is 2.14. The number of halogens is 1. The van der Waals surface area contributed by atoms with Crippen LogP contribution in [0.15, 0.2) is 53.6 Å². The minimum atomic E-state index is -0.451. The molecule has 0 bridgehead atoms. The Morgan fingerprint density at radius 3 is 3.00 bits per heavy atom. The van der Waals surface area contributed by atoms with Gasteiger partial charge in [0, 0.05) is 18.1 Å². The molecule has 6 nitrogen and oxygen atoms in total. The number of rotatable bonds is 5. The minimum absolute atomic E-state index is 0.0218. The van der Waals surface area contributed by atoms with Crippen molar-refractivity contribution >= 4 is 11.5 Å². The summed E-state index contributed by atoms with van der Waals surface area (Å²) >= 11 is 0. The van der Waals surface area contributed by atoms with Crippen LogP contribution < -0.4 is 0 Å². The highest BCUT2D eigenvalue weighted by Crippen LogP contribution is 2.18. The van der Waals surface area contributed by atoms with Crippen molar-refractivity contribution < 1.29 is 18.7 Å². The Bertz CT molecular complexity index is 853. The molecule has 0 atom stereocenters. The average Bonchev–Trinajstić information content (AvgIpc) is 3.18. The molecule has 23 heavy (non-hydrogen) atoms. The fourth-order valence-corrected chi connectivity index (χ4v) is 2.14. The van der Waals surface area contributed by atoms with Gasteiger partial charge in [-0.1, -0.05) is 12.1 Å². The van der Waals surface area contributed by atoms with Crippen molar-refractivity contribution in [3.63, 3.8) is 0 Å². The van der Waals surface area contributed by atoms with Crippen LogP contribution in [0.1, 0.15) is 27.3 Å².